The van der Waals surface area contributed by atoms with Crippen molar-refractivity contribution in [3.63, 3.8) is 0 Å². The number of aromatic nitrogens is 2. The summed E-state index contributed by atoms with van der Waals surface area (Å²) in [6.45, 7) is 0. The van der Waals surface area contributed by atoms with E-state index in [0.717, 1.165) is 0 Å². The minimum Gasteiger partial charge on any atom is -0.478 e. The summed E-state index contributed by atoms with van der Waals surface area (Å²) >= 11 is 0. The standard InChI is InChI=1S/C4H4N2.2C4H4O4/c1-2-6-4-3-5-1;2*5-3(6)1-2-4(7)8/h1-4H;2*1-2H,(H,5,6)(H,7,8)/b;2*2-1-. The van der Waals surface area contributed by atoms with Crippen LogP contribution in [0, 0.1) is 0 Å². The second-order valence-corrected chi connectivity index (χ2v) is 2.91. The maximum absolute atomic E-state index is 9.55. The number of hydrogen-bond acceptors (Lipinski definition) is 6. The van der Waals surface area contributed by atoms with Gasteiger partial charge in [0.2, 0.25) is 0 Å². The highest BCUT2D eigenvalue weighted by molar-refractivity contribution is 5.90. The first-order valence-electron chi connectivity index (χ1n) is 5.23. The molecule has 1 heterocycles. The molecule has 1 aromatic heterocycles. The van der Waals surface area contributed by atoms with Crippen molar-refractivity contribution < 1.29 is 39.6 Å². The lowest BCUT2D eigenvalue weighted by Gasteiger charge is -1.74. The van der Waals surface area contributed by atoms with E-state index in [-0.39, 0.29) is 0 Å². The van der Waals surface area contributed by atoms with Crippen LogP contribution in [0.3, 0.4) is 0 Å². The predicted octanol–water partition coefficient (Wildman–Crippen LogP) is -0.0998. The number of hydrogen-bond donors (Lipinski definition) is 4. The molecule has 0 aromatic carbocycles. The summed E-state index contributed by atoms with van der Waals surface area (Å²) in [5, 5.41) is 31.2. The maximum Gasteiger partial charge on any atom is 0.328 e. The van der Waals surface area contributed by atoms with E-state index in [1.807, 2.05) is 0 Å². The first-order valence-corrected chi connectivity index (χ1v) is 5.23. The van der Waals surface area contributed by atoms with Gasteiger partial charge in [0.25, 0.3) is 0 Å². The van der Waals surface area contributed by atoms with E-state index in [2.05, 4.69) is 9.97 Å². The molecule has 0 aliphatic carbocycles. The Morgan fingerprint density at radius 3 is 0.818 bits per heavy atom. The molecule has 0 amide bonds. The van der Waals surface area contributed by atoms with Crippen LogP contribution < -0.4 is 0 Å². The van der Waals surface area contributed by atoms with Crippen LogP contribution in [0.2, 0.25) is 0 Å². The van der Waals surface area contributed by atoms with Gasteiger partial charge in [-0.05, 0) is 0 Å². The predicted molar refractivity (Wildman–Crippen MR) is 70.9 cm³/mol. The lowest BCUT2D eigenvalue weighted by Crippen LogP contribution is -1.91. The van der Waals surface area contributed by atoms with Crippen molar-refractivity contribution >= 4 is 23.9 Å². The van der Waals surface area contributed by atoms with Crippen molar-refractivity contribution in [3.05, 3.63) is 49.1 Å². The van der Waals surface area contributed by atoms with Gasteiger partial charge in [-0.1, -0.05) is 0 Å². The van der Waals surface area contributed by atoms with Gasteiger partial charge >= 0.3 is 23.9 Å². The Kier molecular flexibility index (Phi) is 13.1. The molecule has 10 nitrogen and oxygen atoms in total. The largest absolute Gasteiger partial charge is 0.478 e. The van der Waals surface area contributed by atoms with Gasteiger partial charge in [0.05, 0.1) is 0 Å². The maximum atomic E-state index is 9.55. The first-order chi connectivity index (χ1) is 10.3. The van der Waals surface area contributed by atoms with E-state index in [1.165, 1.54) is 0 Å². The van der Waals surface area contributed by atoms with Gasteiger partial charge in [0.15, 0.2) is 0 Å². The average molecular weight is 312 g/mol. The smallest absolute Gasteiger partial charge is 0.328 e. The number of rotatable bonds is 4. The fourth-order valence-corrected chi connectivity index (χ4v) is 0.538. The van der Waals surface area contributed by atoms with E-state index >= 15 is 0 Å². The van der Waals surface area contributed by atoms with Gasteiger partial charge in [0.1, 0.15) is 0 Å². The molecule has 0 saturated heterocycles. The summed E-state index contributed by atoms with van der Waals surface area (Å²) in [7, 11) is 0. The summed E-state index contributed by atoms with van der Waals surface area (Å²) in [4.78, 5) is 45.7. The molecule has 0 unspecified atom stereocenters. The molecule has 0 atom stereocenters. The molecule has 22 heavy (non-hydrogen) atoms. The van der Waals surface area contributed by atoms with E-state index in [9.17, 15) is 19.2 Å². The number of carboxylic acid groups (broad SMARTS) is 4. The lowest BCUT2D eigenvalue weighted by molar-refractivity contribution is -0.134. The molecule has 0 fully saturated rings. The Balaban J connectivity index is 0. The number of carboxylic acids is 4. The summed E-state index contributed by atoms with van der Waals surface area (Å²) in [5.41, 5.74) is 0. The van der Waals surface area contributed by atoms with Gasteiger partial charge in [-0.2, -0.15) is 0 Å². The summed E-state index contributed by atoms with van der Waals surface area (Å²) in [5.74, 6) is -5.03. The van der Waals surface area contributed by atoms with Crippen molar-refractivity contribution in [3.8, 4) is 0 Å². The molecular formula is C12H12N2O8. The van der Waals surface area contributed by atoms with Gasteiger partial charge in [0, 0.05) is 49.1 Å². The van der Waals surface area contributed by atoms with Crippen molar-refractivity contribution in [2.75, 3.05) is 0 Å². The molecule has 1 rings (SSSR count). The SMILES string of the molecule is O=C(O)/C=C\C(=O)O.O=C(O)/C=C\C(=O)O.c1cnccn1. The molecule has 118 valence electrons. The highest BCUT2D eigenvalue weighted by Crippen LogP contribution is 1.71. The van der Waals surface area contributed by atoms with Crippen molar-refractivity contribution in [2.45, 2.75) is 0 Å². The lowest BCUT2D eigenvalue weighted by atomic mass is 10.5. The third-order valence-corrected chi connectivity index (χ3v) is 1.21. The van der Waals surface area contributed by atoms with Crippen LogP contribution in [-0.4, -0.2) is 54.3 Å². The second-order valence-electron chi connectivity index (χ2n) is 2.91. The Bertz CT molecular complexity index is 447. The van der Waals surface area contributed by atoms with Gasteiger partial charge in [-0.25, -0.2) is 19.2 Å². The van der Waals surface area contributed by atoms with E-state index in [0.29, 0.717) is 24.3 Å². The second kappa shape index (κ2) is 13.9. The van der Waals surface area contributed by atoms with E-state index in [4.69, 9.17) is 20.4 Å². The Labute approximate surface area is 123 Å². The van der Waals surface area contributed by atoms with Crippen LogP contribution in [0.15, 0.2) is 49.1 Å². The minimum atomic E-state index is -1.26. The zero-order valence-electron chi connectivity index (χ0n) is 10.9. The van der Waals surface area contributed by atoms with Crippen LogP contribution in [0.5, 0.6) is 0 Å². The number of carbonyl (C=O) groups is 4. The highest BCUT2D eigenvalue weighted by atomic mass is 16.4. The van der Waals surface area contributed by atoms with Crippen molar-refractivity contribution in [2.24, 2.45) is 0 Å². The fourth-order valence-electron chi connectivity index (χ4n) is 0.538. The van der Waals surface area contributed by atoms with Crippen LogP contribution in [-0.2, 0) is 19.2 Å². The van der Waals surface area contributed by atoms with Crippen LogP contribution in [0.25, 0.3) is 0 Å². The van der Waals surface area contributed by atoms with Gasteiger partial charge < -0.3 is 20.4 Å². The first kappa shape index (κ1) is 20.8. The average Bonchev–Trinajstić information content (AvgIpc) is 2.46. The monoisotopic (exact) mass is 312 g/mol. The third kappa shape index (κ3) is 25.3. The van der Waals surface area contributed by atoms with Gasteiger partial charge in [-0.15, -0.1) is 0 Å². The number of aliphatic carboxylic acids is 4. The topological polar surface area (TPSA) is 175 Å². The Hall–Kier alpha value is -3.56. The fraction of sp³-hybridized carbons (Fsp3) is 0. The third-order valence-electron chi connectivity index (χ3n) is 1.21. The van der Waals surface area contributed by atoms with E-state index < -0.39 is 23.9 Å². The summed E-state index contributed by atoms with van der Waals surface area (Å²) in [6.07, 6.45) is 8.79. The molecule has 0 radical (unpaired) electrons. The molecule has 10 heteroatoms. The van der Waals surface area contributed by atoms with Gasteiger partial charge in [-0.3, -0.25) is 9.97 Å². The Morgan fingerprint density at radius 1 is 0.545 bits per heavy atom. The molecule has 0 bridgehead atoms. The Morgan fingerprint density at radius 2 is 0.727 bits per heavy atom. The molecule has 0 spiro atoms. The summed E-state index contributed by atoms with van der Waals surface area (Å²) in [6, 6.07) is 0. The highest BCUT2D eigenvalue weighted by Gasteiger charge is 1.88. The molecule has 1 aromatic rings. The van der Waals surface area contributed by atoms with Crippen LogP contribution in [0.1, 0.15) is 0 Å². The zero-order valence-corrected chi connectivity index (χ0v) is 10.9. The quantitative estimate of drug-likeness (QED) is 0.549. The molecule has 0 aliphatic rings. The zero-order chi connectivity index (χ0) is 17.4. The minimum absolute atomic E-state index is 0.558. The molecule has 0 aliphatic heterocycles. The van der Waals surface area contributed by atoms with Crippen LogP contribution in [0.4, 0.5) is 0 Å². The summed E-state index contributed by atoms with van der Waals surface area (Å²) < 4.78 is 0. The van der Waals surface area contributed by atoms with Crippen molar-refractivity contribution in [1.29, 1.82) is 0 Å². The van der Waals surface area contributed by atoms with E-state index in [1.54, 1.807) is 24.8 Å². The number of nitrogens with zero attached hydrogens (tertiary/aromatic N) is 2. The molecule has 0 saturated carbocycles. The molecular weight excluding hydrogens is 300 g/mol. The molecule has 4 N–H and O–H groups in total. The van der Waals surface area contributed by atoms with Crippen LogP contribution >= 0.6 is 0 Å². The van der Waals surface area contributed by atoms with Crippen molar-refractivity contribution in [1.82, 2.24) is 9.97 Å². The normalized spacial score (nSPS) is 9.09.